The van der Waals surface area contributed by atoms with Gasteiger partial charge in [0.1, 0.15) is 18.0 Å². The summed E-state index contributed by atoms with van der Waals surface area (Å²) in [6.45, 7) is 5.45. The highest BCUT2D eigenvalue weighted by molar-refractivity contribution is 5.96. The lowest BCUT2D eigenvalue weighted by atomic mass is 9.97. The van der Waals surface area contributed by atoms with Crippen LogP contribution in [0.5, 0.6) is 5.75 Å². The van der Waals surface area contributed by atoms with Gasteiger partial charge in [-0.15, -0.1) is 0 Å². The van der Waals surface area contributed by atoms with Gasteiger partial charge in [0.05, 0.1) is 24.8 Å². The van der Waals surface area contributed by atoms with Crippen molar-refractivity contribution in [3.05, 3.63) is 65.6 Å². The number of benzene rings is 1. The van der Waals surface area contributed by atoms with Crippen LogP contribution in [0.2, 0.25) is 0 Å². The molecule has 1 fully saturated rings. The number of carbonyl (C=O) groups is 3. The van der Waals surface area contributed by atoms with Crippen LogP contribution in [0.1, 0.15) is 41.4 Å². The van der Waals surface area contributed by atoms with Crippen LogP contribution in [0.25, 0.3) is 5.65 Å². The molecule has 3 aromatic rings. The highest BCUT2D eigenvalue weighted by Crippen LogP contribution is 2.20. The largest absolute Gasteiger partial charge is 0.487 e. The summed E-state index contributed by atoms with van der Waals surface area (Å²) in [5.74, 6) is -0.102. The van der Waals surface area contributed by atoms with Crippen LogP contribution in [-0.2, 0) is 20.9 Å². The zero-order valence-corrected chi connectivity index (χ0v) is 21.0. The van der Waals surface area contributed by atoms with Crippen LogP contribution in [0, 0.1) is 12.8 Å². The first-order valence-electron chi connectivity index (χ1n) is 12.2. The quantitative estimate of drug-likeness (QED) is 0.449. The molecule has 1 aliphatic heterocycles. The fourth-order valence-electron chi connectivity index (χ4n) is 4.30. The number of ether oxygens (including phenoxy) is 2. The van der Waals surface area contributed by atoms with Crippen molar-refractivity contribution in [3.8, 4) is 5.75 Å². The molecule has 0 radical (unpaired) electrons. The maximum Gasteiger partial charge on any atom is 0.309 e. The van der Waals surface area contributed by atoms with Crippen molar-refractivity contribution in [1.82, 2.24) is 19.2 Å². The van der Waals surface area contributed by atoms with Crippen LogP contribution in [0.3, 0.4) is 0 Å². The number of piperidine rings is 1. The molecular formula is C27H32N4O5. The van der Waals surface area contributed by atoms with Gasteiger partial charge in [0.15, 0.2) is 0 Å². The van der Waals surface area contributed by atoms with E-state index in [2.05, 4.69) is 4.98 Å². The molecule has 1 aliphatic rings. The Bertz CT molecular complexity index is 1230. The van der Waals surface area contributed by atoms with Crippen molar-refractivity contribution in [2.75, 3.05) is 33.3 Å². The number of likely N-dealkylation sites (N-methyl/N-ethyl adjacent to an activating group) is 1. The molecule has 3 heterocycles. The molecule has 9 heteroatoms. The average molecular weight is 493 g/mol. The van der Waals surface area contributed by atoms with Crippen molar-refractivity contribution in [2.45, 2.75) is 33.3 Å². The summed E-state index contributed by atoms with van der Waals surface area (Å²) in [6.07, 6.45) is 5.11. The number of amides is 2. The van der Waals surface area contributed by atoms with E-state index in [1.54, 1.807) is 43.1 Å². The van der Waals surface area contributed by atoms with Gasteiger partial charge < -0.3 is 23.7 Å². The summed E-state index contributed by atoms with van der Waals surface area (Å²) in [7, 11) is 1.61. The summed E-state index contributed by atoms with van der Waals surface area (Å²) in [4.78, 5) is 45.1. The van der Waals surface area contributed by atoms with E-state index in [4.69, 9.17) is 9.47 Å². The normalized spacial score (nSPS) is 14.0. The lowest BCUT2D eigenvalue weighted by molar-refractivity contribution is -0.151. The van der Waals surface area contributed by atoms with Crippen molar-refractivity contribution in [2.24, 2.45) is 5.92 Å². The van der Waals surface area contributed by atoms with Crippen LogP contribution in [0.15, 0.2) is 48.8 Å². The molecular weight excluding hydrogens is 460 g/mol. The molecule has 0 aliphatic carbocycles. The lowest BCUT2D eigenvalue weighted by Gasteiger charge is -2.32. The highest BCUT2D eigenvalue weighted by atomic mass is 16.5. The number of likely N-dealkylation sites (tertiary alicyclic amines) is 1. The minimum absolute atomic E-state index is 0.0193. The highest BCUT2D eigenvalue weighted by Gasteiger charge is 2.29. The van der Waals surface area contributed by atoms with Crippen LogP contribution in [0.4, 0.5) is 0 Å². The van der Waals surface area contributed by atoms with Crippen molar-refractivity contribution in [3.63, 3.8) is 0 Å². The Balaban J connectivity index is 1.26. The number of rotatable bonds is 8. The molecule has 0 bridgehead atoms. The summed E-state index contributed by atoms with van der Waals surface area (Å²) < 4.78 is 12.9. The maximum atomic E-state index is 12.8. The summed E-state index contributed by atoms with van der Waals surface area (Å²) >= 11 is 0. The van der Waals surface area contributed by atoms with E-state index in [-0.39, 0.29) is 30.2 Å². The molecule has 0 unspecified atom stereocenters. The van der Waals surface area contributed by atoms with E-state index in [0.29, 0.717) is 50.5 Å². The van der Waals surface area contributed by atoms with Gasteiger partial charge in [0, 0.05) is 38.1 Å². The van der Waals surface area contributed by atoms with Gasteiger partial charge in [0.25, 0.3) is 5.91 Å². The van der Waals surface area contributed by atoms with Gasteiger partial charge in [-0.2, -0.15) is 0 Å². The van der Waals surface area contributed by atoms with Gasteiger partial charge in [-0.25, -0.2) is 4.98 Å². The summed E-state index contributed by atoms with van der Waals surface area (Å²) in [5, 5.41) is 0. The smallest absolute Gasteiger partial charge is 0.309 e. The summed E-state index contributed by atoms with van der Waals surface area (Å²) in [6, 6.07) is 10.8. The number of aromatic nitrogens is 2. The molecule has 1 saturated heterocycles. The maximum absolute atomic E-state index is 12.8. The van der Waals surface area contributed by atoms with E-state index < -0.39 is 0 Å². The number of esters is 1. The van der Waals surface area contributed by atoms with Crippen LogP contribution < -0.4 is 4.74 Å². The van der Waals surface area contributed by atoms with Crippen molar-refractivity contribution >= 4 is 23.4 Å². The molecule has 0 spiro atoms. The Morgan fingerprint density at radius 3 is 2.47 bits per heavy atom. The molecule has 36 heavy (non-hydrogen) atoms. The van der Waals surface area contributed by atoms with E-state index in [0.717, 1.165) is 16.9 Å². The predicted molar refractivity (Wildman–Crippen MR) is 134 cm³/mol. The van der Waals surface area contributed by atoms with E-state index in [1.165, 1.54) is 4.90 Å². The third-order valence-corrected chi connectivity index (χ3v) is 6.32. The molecule has 2 aromatic heterocycles. The van der Waals surface area contributed by atoms with Gasteiger partial charge in [0.2, 0.25) is 5.91 Å². The molecule has 190 valence electrons. The van der Waals surface area contributed by atoms with Crippen LogP contribution in [-0.4, -0.2) is 70.3 Å². The third-order valence-electron chi connectivity index (χ3n) is 6.32. The topological polar surface area (TPSA) is 93.5 Å². The molecule has 2 amide bonds. The number of imidazole rings is 1. The number of fused-ring (bicyclic) bond motifs is 1. The Kier molecular flexibility index (Phi) is 7.87. The molecule has 1 aromatic carbocycles. The Labute approximate surface area is 210 Å². The average Bonchev–Trinajstić information content (AvgIpc) is 3.29. The number of hydrogen-bond acceptors (Lipinski definition) is 6. The Morgan fingerprint density at radius 1 is 1.06 bits per heavy atom. The second-order valence-electron chi connectivity index (χ2n) is 9.09. The van der Waals surface area contributed by atoms with Crippen LogP contribution >= 0.6 is 0 Å². The fourth-order valence-corrected chi connectivity index (χ4v) is 4.30. The Hall–Kier alpha value is -3.88. The molecule has 4 rings (SSSR count). The van der Waals surface area contributed by atoms with Gasteiger partial charge in [-0.1, -0.05) is 6.07 Å². The monoisotopic (exact) mass is 492 g/mol. The van der Waals surface area contributed by atoms with Gasteiger partial charge in [-0.05, 0) is 62.6 Å². The fraction of sp³-hybridized carbons (Fsp3) is 0.407. The molecule has 9 nitrogen and oxygen atoms in total. The number of pyridine rings is 1. The van der Waals surface area contributed by atoms with E-state index in [9.17, 15) is 14.4 Å². The van der Waals surface area contributed by atoms with Gasteiger partial charge in [-0.3, -0.25) is 14.4 Å². The zero-order valence-electron chi connectivity index (χ0n) is 21.0. The van der Waals surface area contributed by atoms with E-state index >= 15 is 0 Å². The molecule has 0 atom stereocenters. The standard InChI is InChI=1S/C27H32N4O5/c1-4-35-27(34)21-11-13-30(14-12-21)25(32)17-29(3)26(33)20-6-8-23(9-7-20)36-18-22-16-31-15-19(2)5-10-24(31)28-22/h5-10,15-16,21H,4,11-14,17-18H2,1-3H3. The predicted octanol–water partition coefficient (Wildman–Crippen LogP) is 3.10. The number of aryl methyl sites for hydroxylation is 1. The second-order valence-corrected chi connectivity index (χ2v) is 9.09. The number of hydrogen-bond donors (Lipinski definition) is 0. The SMILES string of the molecule is CCOC(=O)C1CCN(C(=O)CN(C)C(=O)c2ccc(OCc3cn4cc(C)ccc4n3)cc2)CC1. The first-order chi connectivity index (χ1) is 17.3. The van der Waals surface area contributed by atoms with E-state index in [1.807, 2.05) is 35.9 Å². The lowest BCUT2D eigenvalue weighted by Crippen LogP contribution is -2.45. The third kappa shape index (κ3) is 6.02. The molecule has 0 saturated carbocycles. The number of nitrogens with zero attached hydrogens (tertiary/aromatic N) is 4. The minimum Gasteiger partial charge on any atom is -0.487 e. The number of carbonyl (C=O) groups excluding carboxylic acids is 3. The van der Waals surface area contributed by atoms with Crippen molar-refractivity contribution < 1.29 is 23.9 Å². The minimum atomic E-state index is -0.243. The first-order valence-corrected chi connectivity index (χ1v) is 12.2. The first kappa shape index (κ1) is 25.2. The zero-order chi connectivity index (χ0) is 25.7. The Morgan fingerprint density at radius 2 is 1.78 bits per heavy atom. The van der Waals surface area contributed by atoms with Crippen molar-refractivity contribution in [1.29, 1.82) is 0 Å². The summed E-state index contributed by atoms with van der Waals surface area (Å²) in [5.41, 5.74) is 3.30. The second kappa shape index (κ2) is 11.2. The van der Waals surface area contributed by atoms with Gasteiger partial charge >= 0.3 is 5.97 Å². The molecule has 0 N–H and O–H groups in total.